The predicted molar refractivity (Wildman–Crippen MR) is 466 cm³/mol. The van der Waals surface area contributed by atoms with Crippen molar-refractivity contribution in [1.82, 2.24) is 56.4 Å². The molecule has 0 saturated carbocycles. The maximum atomic E-state index is 15.5. The van der Waals surface area contributed by atoms with Crippen molar-refractivity contribution in [1.29, 1.82) is 0 Å². The van der Waals surface area contributed by atoms with Crippen molar-refractivity contribution < 1.29 is 140 Å². The van der Waals surface area contributed by atoms with Crippen LogP contribution < -0.4 is 54.2 Å². The second kappa shape index (κ2) is 57.8. The molecule has 2 aromatic carbocycles. The van der Waals surface area contributed by atoms with Crippen molar-refractivity contribution in [3.8, 4) is 11.4 Å². The van der Waals surface area contributed by atoms with Crippen LogP contribution in [0.3, 0.4) is 0 Å². The lowest BCUT2D eigenvalue weighted by Crippen LogP contribution is -2.56. The van der Waals surface area contributed by atoms with E-state index in [2.05, 4.69) is 47.5 Å². The second-order valence-electron chi connectivity index (χ2n) is 31.7. The smallest absolute Gasteiger partial charge is 0.407 e. The summed E-state index contributed by atoms with van der Waals surface area (Å²) in [6, 6.07) is 4.64. The van der Waals surface area contributed by atoms with Crippen molar-refractivity contribution in [2.24, 2.45) is 17.4 Å². The number of pyridine rings is 2. The molecule has 3 aliphatic rings. The molecule has 2 aliphatic heterocycles. The van der Waals surface area contributed by atoms with E-state index in [4.69, 9.17) is 87.9 Å². The van der Waals surface area contributed by atoms with Gasteiger partial charge in [-0.15, -0.1) is 5.10 Å². The van der Waals surface area contributed by atoms with E-state index in [9.17, 15) is 68.7 Å². The molecule has 17 N–H and O–H groups in total. The zero-order valence-electron chi connectivity index (χ0n) is 75.0. The van der Waals surface area contributed by atoms with Gasteiger partial charge in [-0.05, 0) is 105 Å². The maximum Gasteiger partial charge on any atom is 0.407 e. The number of amides is 8. The highest BCUT2D eigenvalue weighted by Crippen LogP contribution is 2.46. The number of carbonyl (C=O) groups excluding carboxylic acids is 8. The number of nitrogens with zero attached hydrogens (tertiary/aromatic N) is 5. The number of fused-ring (bicyclic) bond motifs is 5. The highest BCUT2D eigenvalue weighted by molar-refractivity contribution is 5.99. The Morgan fingerprint density at radius 1 is 0.649 bits per heavy atom. The van der Waals surface area contributed by atoms with E-state index in [1.165, 1.54) is 10.6 Å². The van der Waals surface area contributed by atoms with Gasteiger partial charge in [0.15, 0.2) is 5.60 Å². The molecule has 0 radical (unpaired) electrons. The van der Waals surface area contributed by atoms with Gasteiger partial charge in [0, 0.05) is 73.4 Å². The number of aromatic nitrogens is 5. The molecule has 43 nitrogen and oxygen atoms in total. The molecule has 0 saturated heterocycles. The van der Waals surface area contributed by atoms with Gasteiger partial charge < -0.3 is 150 Å². The van der Waals surface area contributed by atoms with Crippen molar-refractivity contribution in [2.45, 2.75) is 179 Å². The summed E-state index contributed by atoms with van der Waals surface area (Å²) in [6.45, 7) is 15.2. The molecule has 131 heavy (non-hydrogen) atoms. The fraction of sp³-hybridized carbons (Fsp3) is 0.655. The number of halogens is 1. The number of nitrogens with two attached hydrogens (primary N) is 2. The number of aliphatic hydroxyl groups is 6. The molecule has 0 spiro atoms. The first-order valence-electron chi connectivity index (χ1n) is 44.5. The Hall–Kier alpha value is -9.53. The monoisotopic (exact) mass is 1850 g/mol. The van der Waals surface area contributed by atoms with Crippen LogP contribution in [0.4, 0.5) is 19.7 Å². The molecule has 8 rings (SSSR count). The fourth-order valence-electron chi connectivity index (χ4n) is 14.4. The van der Waals surface area contributed by atoms with Crippen molar-refractivity contribution in [2.75, 3.05) is 190 Å². The van der Waals surface area contributed by atoms with Crippen molar-refractivity contribution in [3.05, 3.63) is 103 Å². The van der Waals surface area contributed by atoms with Gasteiger partial charge >= 0.3 is 18.1 Å². The zero-order chi connectivity index (χ0) is 94.5. The van der Waals surface area contributed by atoms with E-state index in [1.54, 1.807) is 68.9 Å². The Morgan fingerprint density at radius 3 is 1.76 bits per heavy atom. The zero-order valence-corrected chi connectivity index (χ0v) is 75.0. The van der Waals surface area contributed by atoms with Gasteiger partial charge in [0.2, 0.25) is 29.5 Å². The first-order chi connectivity index (χ1) is 63.2. The highest BCUT2D eigenvalue weighted by Gasteiger charge is 2.46. The third-order valence-electron chi connectivity index (χ3n) is 21.8. The van der Waals surface area contributed by atoms with Crippen LogP contribution in [0, 0.1) is 18.7 Å². The van der Waals surface area contributed by atoms with E-state index in [-0.39, 0.29) is 108 Å². The molecule has 0 fully saturated rings. The number of cyclic esters (lactones) is 1. The number of hydrogen-bond acceptors (Lipinski definition) is 33. The molecule has 1 aliphatic carbocycles. The third-order valence-corrected chi connectivity index (χ3v) is 21.8. The van der Waals surface area contributed by atoms with Crippen LogP contribution in [0.5, 0.6) is 0 Å². The summed E-state index contributed by atoms with van der Waals surface area (Å²) in [7, 11) is 0. The largest absolute Gasteiger partial charge is 0.458 e. The Labute approximate surface area is 758 Å². The number of unbranched alkanes of at least 4 members (excludes halogenated alkanes) is 1. The van der Waals surface area contributed by atoms with E-state index in [0.29, 0.717) is 240 Å². The summed E-state index contributed by atoms with van der Waals surface area (Å²) in [5.41, 5.74) is 14.2. The number of hydrogen-bond donors (Lipinski definition) is 15. The summed E-state index contributed by atoms with van der Waals surface area (Å²) in [5, 5.41) is 86.9. The molecule has 0 unspecified atom stereocenters. The number of rotatable bonds is 68. The highest BCUT2D eigenvalue weighted by atomic mass is 19.1. The van der Waals surface area contributed by atoms with Crippen LogP contribution in [-0.2, 0) is 140 Å². The third kappa shape index (κ3) is 35.1. The van der Waals surface area contributed by atoms with Crippen LogP contribution >= 0.6 is 0 Å². The summed E-state index contributed by atoms with van der Waals surface area (Å²) in [6.07, 6.45) is -3.13. The van der Waals surface area contributed by atoms with E-state index < -0.39 is 120 Å². The number of primary amides is 1. The van der Waals surface area contributed by atoms with Gasteiger partial charge in [0.25, 0.3) is 5.56 Å². The molecular formula is C87H131FN14O29. The molecule has 8 amide bonds. The number of aryl methyl sites for hydroxylation is 2. The number of alkyl carbamates (subject to hydrolysis) is 1. The van der Waals surface area contributed by atoms with E-state index >= 15 is 4.39 Å². The minimum Gasteiger partial charge on any atom is -0.458 e. The average molecular weight is 1860 g/mol. The Kier molecular flexibility index (Phi) is 47.1. The van der Waals surface area contributed by atoms with Crippen LogP contribution in [0.15, 0.2) is 47.4 Å². The molecule has 5 aromatic rings. The molecule has 3 aromatic heterocycles. The standard InChI is InChI=1S/C87H131FN14O29/c1-5-87(117)63-47-69-77-61(51-102(69)83(113)62(63)54-130-84(87)114)75-66(17-16-60-56(4)64(88)48-68(95-77)74(60)75)97-86(116)131-53-57-11-13-58(14-12-57)94-81(111)67(10-8-21-92-85(90)115)96-82(112)76(55(2)3)98-80(110)65(89)9-6-7-20-91-73(107)19-23-118-25-27-120-29-31-122-33-35-124-37-39-126-41-43-128-45-46-129-44-42-127-40-38-125-36-34-123-32-30-121-28-26-119-24-22-101-50-59(99-100-101)15-18-72(106)93-49-70(104)78(108)79(109)71(105)52-103/h11-14,47-48,50,55,65-67,70-71,76,78-79,103-105,108-109,117H,5-10,15-46,49,51-54,89H2,1-4H3,(H,91,107)(H,93,106)(H,94,111)(H,96,112)(H,97,116)(H,98,110)(H3,90,92,115)/t65-,66-,67-,70-,71+,76-,78+,79+,87-/m0/s1. The van der Waals surface area contributed by atoms with Crippen LogP contribution in [0.1, 0.15) is 129 Å². The summed E-state index contributed by atoms with van der Waals surface area (Å²) < 4.78 is 96.0. The summed E-state index contributed by atoms with van der Waals surface area (Å²) in [4.78, 5) is 123. The quantitative estimate of drug-likeness (QED) is 0.0168. The Morgan fingerprint density at radius 2 is 1.20 bits per heavy atom. The Bertz CT molecular complexity index is 4460. The number of nitrogens with one attached hydrogen (secondary N) is 7. The molecule has 0 bridgehead atoms. The minimum absolute atomic E-state index is 0.0355. The topological polar surface area (TPSA) is 589 Å². The molecule has 9 atom stereocenters. The van der Waals surface area contributed by atoms with E-state index in [0.717, 1.165) is 5.56 Å². The SMILES string of the molecule is CC[C@@]1(O)C(=O)OCc2c1cc1n(c2=O)Cc2c-1nc1cc(F)c(C)c3c1c2[C@@H](NC(=O)OCc1ccc(NC(=O)[C@H](CCCNC(N)=O)NC(=O)[C@@H](NC(=O)[C@@H](N)CCCCNC(=O)CCOCCOCCOCCOCCOCCOCCOCCOCCOCCOCCOCCOCCn2cc(CCC(=O)NC[C@H](O)[C@@H](O)[C@H](O)[C@H](O)CO)nn2)C(C)C)cc1)CC3. The number of urea groups is 1. The number of esters is 1. The van der Waals surface area contributed by atoms with E-state index in [1.807, 2.05) is 0 Å². The number of aliphatic hydroxyl groups excluding tert-OH is 5. The average Bonchev–Trinajstić information content (AvgIpc) is 1.56. The number of carbonyl (C=O) groups is 8. The first-order valence-corrected chi connectivity index (χ1v) is 44.5. The van der Waals surface area contributed by atoms with Gasteiger partial charge in [-0.1, -0.05) is 38.1 Å². The first kappa shape index (κ1) is 107. The van der Waals surface area contributed by atoms with Gasteiger partial charge in [-0.25, -0.2) is 28.4 Å². The second-order valence-corrected chi connectivity index (χ2v) is 31.7. The maximum absolute atomic E-state index is 15.5. The lowest BCUT2D eigenvalue weighted by Gasteiger charge is -2.31. The molecule has 730 valence electrons. The number of anilines is 1. The van der Waals surface area contributed by atoms with Crippen LogP contribution in [0.2, 0.25) is 0 Å². The lowest BCUT2D eigenvalue weighted by molar-refractivity contribution is -0.172. The van der Waals surface area contributed by atoms with Gasteiger partial charge in [0.05, 0.1) is 225 Å². The lowest BCUT2D eigenvalue weighted by atomic mass is 9.81. The Balaban J connectivity index is 0.566. The van der Waals surface area contributed by atoms with Gasteiger partial charge in [-0.3, -0.25) is 28.8 Å². The molecule has 5 heterocycles. The summed E-state index contributed by atoms with van der Waals surface area (Å²) in [5.74, 6) is -4.26. The van der Waals surface area contributed by atoms with Crippen LogP contribution in [-0.4, -0.2) is 330 Å². The normalized spacial score (nSPS) is 16.0. The van der Waals surface area contributed by atoms with Gasteiger partial charge in [0.1, 0.15) is 49.4 Å². The molecule has 44 heteroatoms. The van der Waals surface area contributed by atoms with Crippen LogP contribution in [0.25, 0.3) is 22.3 Å². The predicted octanol–water partition coefficient (Wildman–Crippen LogP) is -0.567. The summed E-state index contributed by atoms with van der Waals surface area (Å²) >= 11 is 0. The van der Waals surface area contributed by atoms with Gasteiger partial charge in [-0.2, -0.15) is 0 Å². The number of benzene rings is 2. The fourth-order valence-corrected chi connectivity index (χ4v) is 14.4. The van der Waals surface area contributed by atoms with Crippen molar-refractivity contribution in [3.63, 3.8) is 0 Å². The minimum atomic E-state index is -2.06. The number of ether oxygens (including phenoxy) is 14. The molecular weight excluding hydrogens is 1720 g/mol. The van der Waals surface area contributed by atoms with Crippen molar-refractivity contribution >= 4 is 64.2 Å².